The van der Waals surface area contributed by atoms with Crippen molar-refractivity contribution in [3.8, 4) is 11.3 Å². The minimum atomic E-state index is -3.24. The fourth-order valence-electron chi connectivity index (χ4n) is 2.69. The lowest BCUT2D eigenvalue weighted by molar-refractivity contribution is 0.590. The van der Waals surface area contributed by atoms with E-state index in [-0.39, 0.29) is 6.04 Å². The van der Waals surface area contributed by atoms with Crippen LogP contribution in [0.4, 0.5) is 10.8 Å². The molecule has 0 unspecified atom stereocenters. The summed E-state index contributed by atoms with van der Waals surface area (Å²) >= 11 is 1.40. The van der Waals surface area contributed by atoms with Crippen molar-refractivity contribution in [3.63, 3.8) is 0 Å². The van der Waals surface area contributed by atoms with E-state index in [2.05, 4.69) is 4.98 Å². The topological polar surface area (TPSA) is 76.3 Å². The molecule has 0 amide bonds. The maximum absolute atomic E-state index is 11.9. The molecule has 7 heteroatoms. The molecule has 1 aromatic heterocycles. The average Bonchev–Trinajstić information content (AvgIpc) is 2.89. The van der Waals surface area contributed by atoms with E-state index in [1.165, 1.54) is 21.9 Å². The number of rotatable bonds is 2. The second-order valence-corrected chi connectivity index (χ2v) is 7.78. The molecule has 0 saturated carbocycles. The van der Waals surface area contributed by atoms with Crippen molar-refractivity contribution < 1.29 is 8.42 Å². The second-order valence-electron chi connectivity index (χ2n) is 5.03. The summed E-state index contributed by atoms with van der Waals surface area (Å²) in [6, 6.07) is 5.70. The second kappa shape index (κ2) is 4.46. The van der Waals surface area contributed by atoms with Gasteiger partial charge in [-0.3, -0.25) is 4.31 Å². The SMILES string of the molecule is C[C@H]1Cc2cc(-c3csc(N)n3)ccc2N1S(C)(=O)=O. The van der Waals surface area contributed by atoms with E-state index < -0.39 is 10.0 Å². The lowest BCUT2D eigenvalue weighted by atomic mass is 10.1. The molecule has 1 aliphatic rings. The molecule has 0 spiro atoms. The molecule has 1 aromatic carbocycles. The van der Waals surface area contributed by atoms with Gasteiger partial charge in [-0.05, 0) is 31.0 Å². The van der Waals surface area contributed by atoms with Crippen molar-refractivity contribution in [3.05, 3.63) is 29.1 Å². The Balaban J connectivity index is 2.06. The molecular weight excluding hydrogens is 294 g/mol. The van der Waals surface area contributed by atoms with E-state index in [9.17, 15) is 8.42 Å². The smallest absolute Gasteiger partial charge is 0.232 e. The van der Waals surface area contributed by atoms with E-state index in [0.717, 1.165) is 28.9 Å². The summed E-state index contributed by atoms with van der Waals surface area (Å²) in [5.74, 6) is 0. The third-order valence-electron chi connectivity index (χ3n) is 3.41. The van der Waals surface area contributed by atoms with Crippen LogP contribution in [0.3, 0.4) is 0 Å². The average molecular weight is 309 g/mol. The molecule has 2 heterocycles. The van der Waals surface area contributed by atoms with Gasteiger partial charge in [-0.2, -0.15) is 0 Å². The van der Waals surface area contributed by atoms with Crippen LogP contribution >= 0.6 is 11.3 Å². The maximum Gasteiger partial charge on any atom is 0.232 e. The van der Waals surface area contributed by atoms with Crippen LogP contribution in [0.15, 0.2) is 23.6 Å². The summed E-state index contributed by atoms with van der Waals surface area (Å²) in [7, 11) is -3.24. The summed E-state index contributed by atoms with van der Waals surface area (Å²) < 4.78 is 25.2. The molecule has 2 aromatic rings. The highest BCUT2D eigenvalue weighted by Gasteiger charge is 2.32. The standard InChI is InChI=1S/C13H15N3O2S2/c1-8-5-10-6-9(11-7-19-13(14)15-11)3-4-12(10)16(8)20(2,17)18/h3-4,6-8H,5H2,1-2H3,(H2,14,15)/t8-/m0/s1. The zero-order chi connectivity index (χ0) is 14.5. The predicted molar refractivity (Wildman–Crippen MR) is 82.5 cm³/mol. The highest BCUT2D eigenvalue weighted by atomic mass is 32.2. The number of hydrogen-bond donors (Lipinski definition) is 1. The normalized spacial score (nSPS) is 18.3. The van der Waals surface area contributed by atoms with Gasteiger partial charge >= 0.3 is 0 Å². The minimum absolute atomic E-state index is 0.0456. The Morgan fingerprint density at radius 1 is 1.45 bits per heavy atom. The Morgan fingerprint density at radius 3 is 2.80 bits per heavy atom. The van der Waals surface area contributed by atoms with E-state index in [1.54, 1.807) is 0 Å². The number of aromatic nitrogens is 1. The number of anilines is 2. The lowest BCUT2D eigenvalue weighted by Gasteiger charge is -2.21. The van der Waals surface area contributed by atoms with Crippen molar-refractivity contribution in [1.29, 1.82) is 0 Å². The van der Waals surface area contributed by atoms with E-state index >= 15 is 0 Å². The van der Waals surface area contributed by atoms with Crippen LogP contribution in [0.2, 0.25) is 0 Å². The van der Waals surface area contributed by atoms with Crippen molar-refractivity contribution in [2.75, 3.05) is 16.3 Å². The Labute approximate surface area is 122 Å². The molecule has 0 saturated heterocycles. The van der Waals surface area contributed by atoms with Gasteiger partial charge in [0.05, 0.1) is 17.6 Å². The van der Waals surface area contributed by atoms with Crippen LogP contribution in [0, 0.1) is 0 Å². The molecule has 2 N–H and O–H groups in total. The van der Waals surface area contributed by atoms with Gasteiger partial charge in [0, 0.05) is 17.0 Å². The van der Waals surface area contributed by atoms with Gasteiger partial charge in [0.25, 0.3) is 0 Å². The van der Waals surface area contributed by atoms with Gasteiger partial charge in [-0.1, -0.05) is 6.07 Å². The van der Waals surface area contributed by atoms with Gasteiger partial charge in [0.15, 0.2) is 5.13 Å². The van der Waals surface area contributed by atoms with Crippen LogP contribution in [0.1, 0.15) is 12.5 Å². The summed E-state index contributed by atoms with van der Waals surface area (Å²) in [4.78, 5) is 4.26. The number of sulfonamides is 1. The third-order valence-corrected chi connectivity index (χ3v) is 5.35. The number of benzene rings is 1. The van der Waals surface area contributed by atoms with Crippen LogP contribution < -0.4 is 10.0 Å². The molecule has 1 aliphatic heterocycles. The quantitative estimate of drug-likeness (QED) is 0.921. The Morgan fingerprint density at radius 2 is 2.20 bits per heavy atom. The van der Waals surface area contributed by atoms with Crippen molar-refractivity contribution in [2.45, 2.75) is 19.4 Å². The minimum Gasteiger partial charge on any atom is -0.375 e. The number of nitrogen functional groups attached to an aromatic ring is 1. The van der Waals surface area contributed by atoms with E-state index in [4.69, 9.17) is 5.73 Å². The molecule has 1 atom stereocenters. The molecule has 0 radical (unpaired) electrons. The number of nitrogens with zero attached hydrogens (tertiary/aromatic N) is 2. The summed E-state index contributed by atoms with van der Waals surface area (Å²) in [6.07, 6.45) is 1.96. The van der Waals surface area contributed by atoms with Crippen LogP contribution in [-0.2, 0) is 16.4 Å². The van der Waals surface area contributed by atoms with Crippen LogP contribution in [0.5, 0.6) is 0 Å². The van der Waals surface area contributed by atoms with E-state index in [0.29, 0.717) is 5.13 Å². The Bertz CT molecular complexity index is 768. The Hall–Kier alpha value is -1.60. The first kappa shape index (κ1) is 13.4. The van der Waals surface area contributed by atoms with Crippen LogP contribution in [0.25, 0.3) is 11.3 Å². The zero-order valence-electron chi connectivity index (χ0n) is 11.2. The fourth-order valence-corrected chi connectivity index (χ4v) is 4.52. The first-order valence-corrected chi connectivity index (χ1v) is 8.93. The summed E-state index contributed by atoms with van der Waals surface area (Å²) in [5.41, 5.74) is 9.26. The maximum atomic E-state index is 11.9. The number of thiazole rings is 1. The van der Waals surface area contributed by atoms with Gasteiger partial charge < -0.3 is 5.73 Å². The zero-order valence-corrected chi connectivity index (χ0v) is 12.8. The van der Waals surface area contributed by atoms with Gasteiger partial charge in [-0.25, -0.2) is 13.4 Å². The van der Waals surface area contributed by atoms with Gasteiger partial charge in [0.1, 0.15) is 0 Å². The summed E-state index contributed by atoms with van der Waals surface area (Å²) in [5, 5.41) is 2.44. The van der Waals surface area contributed by atoms with Gasteiger partial charge in [0.2, 0.25) is 10.0 Å². The molecule has 0 fully saturated rings. The first-order chi connectivity index (χ1) is 9.36. The third kappa shape index (κ3) is 2.16. The monoisotopic (exact) mass is 309 g/mol. The van der Waals surface area contributed by atoms with Crippen molar-refractivity contribution >= 4 is 32.2 Å². The van der Waals surface area contributed by atoms with Gasteiger partial charge in [-0.15, -0.1) is 11.3 Å². The molecule has 0 bridgehead atoms. The fraction of sp³-hybridized carbons (Fsp3) is 0.308. The lowest BCUT2D eigenvalue weighted by Crippen LogP contribution is -2.34. The number of fused-ring (bicyclic) bond motifs is 1. The number of hydrogen-bond acceptors (Lipinski definition) is 5. The largest absolute Gasteiger partial charge is 0.375 e. The number of nitrogens with two attached hydrogens (primary N) is 1. The molecule has 0 aliphatic carbocycles. The predicted octanol–water partition coefficient (Wildman–Crippen LogP) is 2.10. The highest BCUT2D eigenvalue weighted by molar-refractivity contribution is 7.92. The van der Waals surface area contributed by atoms with Crippen LogP contribution in [-0.4, -0.2) is 25.7 Å². The van der Waals surface area contributed by atoms with Crippen molar-refractivity contribution in [1.82, 2.24) is 4.98 Å². The molecular formula is C13H15N3O2S2. The summed E-state index contributed by atoms with van der Waals surface area (Å²) in [6.45, 7) is 1.92. The first-order valence-electron chi connectivity index (χ1n) is 6.20. The molecule has 3 rings (SSSR count). The van der Waals surface area contributed by atoms with E-state index in [1.807, 2.05) is 30.5 Å². The Kier molecular flexibility index (Phi) is 2.98. The molecule has 106 valence electrons. The highest BCUT2D eigenvalue weighted by Crippen LogP contribution is 2.37. The molecule has 5 nitrogen and oxygen atoms in total. The molecule has 20 heavy (non-hydrogen) atoms. The van der Waals surface area contributed by atoms with Crippen molar-refractivity contribution in [2.24, 2.45) is 0 Å².